The molecule has 1 aliphatic carbocycles. The van der Waals surface area contributed by atoms with E-state index in [4.69, 9.17) is 13.9 Å². The molecule has 3 rings (SSSR count). The number of nitrogens with zero attached hydrogens (tertiary/aromatic N) is 2. The van der Waals surface area contributed by atoms with Crippen LogP contribution in [0, 0.1) is 5.41 Å². The molecule has 8 heteroatoms. The molecular weight excluding hydrogens is 362 g/mol. The van der Waals surface area contributed by atoms with E-state index in [9.17, 15) is 9.90 Å². The summed E-state index contributed by atoms with van der Waals surface area (Å²) in [6.45, 7) is 6.83. The van der Waals surface area contributed by atoms with Gasteiger partial charge in [0.15, 0.2) is 0 Å². The Morgan fingerprint density at radius 2 is 2.18 bits per heavy atom. The highest BCUT2D eigenvalue weighted by atomic mass is 16.5. The molecule has 0 radical (unpaired) electrons. The van der Waals surface area contributed by atoms with E-state index in [1.54, 1.807) is 31.4 Å². The first-order valence-corrected chi connectivity index (χ1v) is 9.34. The van der Waals surface area contributed by atoms with Gasteiger partial charge in [0.2, 0.25) is 11.8 Å². The van der Waals surface area contributed by atoms with Gasteiger partial charge in [0.1, 0.15) is 6.61 Å². The van der Waals surface area contributed by atoms with E-state index >= 15 is 0 Å². The third kappa shape index (κ3) is 3.80. The number of methoxy groups -OCH3 is 1. The van der Waals surface area contributed by atoms with Crippen LogP contribution in [-0.4, -0.2) is 53.2 Å². The minimum absolute atomic E-state index is 0.0125. The number of aliphatic hydroxyl groups is 1. The van der Waals surface area contributed by atoms with Gasteiger partial charge in [-0.05, 0) is 25.1 Å². The van der Waals surface area contributed by atoms with Crippen molar-refractivity contribution in [3.63, 3.8) is 0 Å². The Morgan fingerprint density at radius 1 is 1.39 bits per heavy atom. The van der Waals surface area contributed by atoms with E-state index in [-0.39, 0.29) is 25.2 Å². The number of carbonyl (C=O) groups excluding carboxylic acids is 1. The second-order valence-corrected chi connectivity index (χ2v) is 7.60. The Kier molecular flexibility index (Phi) is 5.83. The molecule has 0 unspecified atom stereocenters. The molecule has 1 heterocycles. The minimum atomic E-state index is -0.998. The molecule has 1 fully saturated rings. The second kappa shape index (κ2) is 7.98. The molecule has 0 saturated heterocycles. The zero-order valence-electron chi connectivity index (χ0n) is 16.7. The van der Waals surface area contributed by atoms with Gasteiger partial charge in [0.05, 0.1) is 11.7 Å². The van der Waals surface area contributed by atoms with Crippen LogP contribution in [0.4, 0.5) is 0 Å². The van der Waals surface area contributed by atoms with E-state index < -0.39 is 11.0 Å². The maximum atomic E-state index is 12.6. The lowest BCUT2D eigenvalue weighted by molar-refractivity contribution is -0.237. The molecule has 8 nitrogen and oxygen atoms in total. The average molecular weight is 389 g/mol. The van der Waals surface area contributed by atoms with E-state index in [2.05, 4.69) is 15.5 Å². The lowest BCUT2D eigenvalue weighted by Crippen LogP contribution is -2.68. The fraction of sp³-hybridized carbons (Fsp3) is 0.550. The zero-order valence-corrected chi connectivity index (χ0v) is 16.7. The number of aromatic nitrogens is 2. The van der Waals surface area contributed by atoms with Gasteiger partial charge in [0, 0.05) is 43.2 Å². The van der Waals surface area contributed by atoms with Crippen molar-refractivity contribution in [3.8, 4) is 11.5 Å². The van der Waals surface area contributed by atoms with Crippen LogP contribution in [0.15, 0.2) is 28.7 Å². The van der Waals surface area contributed by atoms with Crippen LogP contribution in [0.1, 0.15) is 43.4 Å². The molecule has 1 aromatic carbocycles. The first-order chi connectivity index (χ1) is 13.3. The molecule has 0 bridgehead atoms. The molecule has 1 aromatic heterocycles. The number of benzene rings is 1. The van der Waals surface area contributed by atoms with Crippen LogP contribution in [0.25, 0.3) is 11.5 Å². The van der Waals surface area contributed by atoms with Gasteiger partial charge >= 0.3 is 0 Å². The van der Waals surface area contributed by atoms with Crippen molar-refractivity contribution in [1.29, 1.82) is 0 Å². The van der Waals surface area contributed by atoms with Crippen molar-refractivity contribution in [2.75, 3.05) is 20.3 Å². The van der Waals surface area contributed by atoms with Crippen LogP contribution in [-0.2, 0) is 16.1 Å². The van der Waals surface area contributed by atoms with Crippen molar-refractivity contribution >= 4 is 5.91 Å². The number of hydrogen-bond acceptors (Lipinski definition) is 7. The molecule has 1 amide bonds. The smallest absolute Gasteiger partial charge is 0.251 e. The van der Waals surface area contributed by atoms with Crippen LogP contribution >= 0.6 is 0 Å². The van der Waals surface area contributed by atoms with E-state index in [0.717, 1.165) is 0 Å². The van der Waals surface area contributed by atoms with E-state index in [1.807, 2.05) is 20.8 Å². The van der Waals surface area contributed by atoms with Crippen LogP contribution in [0.2, 0.25) is 0 Å². The highest BCUT2D eigenvalue weighted by Gasteiger charge is 2.59. The summed E-state index contributed by atoms with van der Waals surface area (Å²) in [4.78, 5) is 12.6. The SMILES string of the molecule is CCO[C@H]1C[C@@](O)(CNC(=O)c2cccc(-c3nnc(COC)o3)c2)C1(C)C. The summed E-state index contributed by atoms with van der Waals surface area (Å²) in [6.07, 6.45) is 0.486. The maximum absolute atomic E-state index is 12.6. The Morgan fingerprint density at radius 3 is 2.86 bits per heavy atom. The number of hydrogen-bond donors (Lipinski definition) is 2. The van der Waals surface area contributed by atoms with Gasteiger partial charge in [-0.2, -0.15) is 0 Å². The minimum Gasteiger partial charge on any atom is -0.418 e. The first kappa shape index (κ1) is 20.4. The molecule has 1 aliphatic rings. The van der Waals surface area contributed by atoms with Gasteiger partial charge < -0.3 is 24.3 Å². The van der Waals surface area contributed by atoms with Gasteiger partial charge in [-0.3, -0.25) is 4.79 Å². The topological polar surface area (TPSA) is 107 Å². The summed E-state index contributed by atoms with van der Waals surface area (Å²) < 4.78 is 16.1. The molecule has 0 aliphatic heterocycles. The zero-order chi connectivity index (χ0) is 20.4. The highest BCUT2D eigenvalue weighted by Crippen LogP contribution is 2.50. The third-order valence-electron chi connectivity index (χ3n) is 5.54. The van der Waals surface area contributed by atoms with Gasteiger partial charge in [-0.1, -0.05) is 19.9 Å². The van der Waals surface area contributed by atoms with Crippen molar-refractivity contribution < 1.29 is 23.8 Å². The second-order valence-electron chi connectivity index (χ2n) is 7.60. The predicted octanol–water partition coefficient (Wildman–Crippen LogP) is 2.18. The number of ether oxygens (including phenoxy) is 2. The molecule has 2 N–H and O–H groups in total. The summed E-state index contributed by atoms with van der Waals surface area (Å²) >= 11 is 0. The summed E-state index contributed by atoms with van der Waals surface area (Å²) in [5.74, 6) is 0.410. The molecule has 1 saturated carbocycles. The summed E-state index contributed by atoms with van der Waals surface area (Å²) in [6, 6.07) is 6.91. The van der Waals surface area contributed by atoms with E-state index in [0.29, 0.717) is 35.9 Å². The Labute approximate surface area is 164 Å². The molecule has 2 aromatic rings. The summed E-state index contributed by atoms with van der Waals surface area (Å²) in [5.41, 5.74) is -0.339. The van der Waals surface area contributed by atoms with E-state index in [1.165, 1.54) is 0 Å². The Balaban J connectivity index is 1.65. The van der Waals surface area contributed by atoms with Crippen molar-refractivity contribution in [2.45, 2.75) is 45.5 Å². The standard InChI is InChI=1S/C20H27N3O5/c1-5-27-15-10-20(25,19(15,2)3)12-21-17(24)13-7-6-8-14(9-13)18-23-22-16(28-18)11-26-4/h6-9,15,25H,5,10-12H2,1-4H3,(H,21,24)/t15-,20+/m0/s1. The van der Waals surface area contributed by atoms with Crippen LogP contribution in [0.3, 0.4) is 0 Å². The number of amides is 1. The number of nitrogens with one attached hydrogen (secondary N) is 1. The Bertz CT molecular complexity index is 835. The van der Waals surface area contributed by atoms with Crippen LogP contribution < -0.4 is 5.32 Å². The molecular formula is C20H27N3O5. The average Bonchev–Trinajstić information content (AvgIpc) is 3.15. The predicted molar refractivity (Wildman–Crippen MR) is 102 cm³/mol. The third-order valence-corrected chi connectivity index (χ3v) is 5.54. The number of carbonyl (C=O) groups is 1. The quantitative estimate of drug-likeness (QED) is 0.712. The lowest BCUT2D eigenvalue weighted by Gasteiger charge is -2.57. The van der Waals surface area contributed by atoms with Gasteiger partial charge in [-0.15, -0.1) is 10.2 Å². The maximum Gasteiger partial charge on any atom is 0.251 e. The van der Waals surface area contributed by atoms with Crippen molar-refractivity contribution in [3.05, 3.63) is 35.7 Å². The van der Waals surface area contributed by atoms with Gasteiger partial charge in [-0.25, -0.2) is 0 Å². The largest absolute Gasteiger partial charge is 0.418 e. The fourth-order valence-corrected chi connectivity index (χ4v) is 3.44. The Hall–Kier alpha value is -2.29. The monoisotopic (exact) mass is 389 g/mol. The molecule has 2 atom stereocenters. The van der Waals surface area contributed by atoms with Crippen LogP contribution in [0.5, 0.6) is 0 Å². The summed E-state index contributed by atoms with van der Waals surface area (Å²) in [5, 5.41) is 21.6. The molecule has 0 spiro atoms. The summed E-state index contributed by atoms with van der Waals surface area (Å²) in [7, 11) is 1.54. The lowest BCUT2D eigenvalue weighted by atomic mass is 9.56. The molecule has 152 valence electrons. The normalized spacial score (nSPS) is 23.2. The fourth-order valence-electron chi connectivity index (χ4n) is 3.44. The first-order valence-electron chi connectivity index (χ1n) is 9.34. The van der Waals surface area contributed by atoms with Crippen molar-refractivity contribution in [2.24, 2.45) is 5.41 Å². The highest BCUT2D eigenvalue weighted by molar-refractivity contribution is 5.95. The van der Waals surface area contributed by atoms with Crippen molar-refractivity contribution in [1.82, 2.24) is 15.5 Å². The number of rotatable bonds is 8. The van der Waals surface area contributed by atoms with Gasteiger partial charge in [0.25, 0.3) is 5.91 Å². The molecule has 28 heavy (non-hydrogen) atoms.